The molecule has 0 heterocycles. The molecular formula is C57H44N2. The number of allylic oxidation sites excluding steroid dienone is 1. The molecule has 0 saturated heterocycles. The van der Waals surface area contributed by atoms with Gasteiger partial charge in [0.15, 0.2) is 0 Å². The Labute approximate surface area is 346 Å². The van der Waals surface area contributed by atoms with E-state index in [9.17, 15) is 0 Å². The lowest BCUT2D eigenvalue weighted by molar-refractivity contribution is 0.662. The normalized spacial score (nSPS) is 13.4. The summed E-state index contributed by atoms with van der Waals surface area (Å²) in [6, 6.07) is 71.7. The van der Waals surface area contributed by atoms with Crippen LogP contribution in [0.15, 0.2) is 211 Å². The van der Waals surface area contributed by atoms with E-state index in [4.69, 9.17) is 10.7 Å². The highest BCUT2D eigenvalue weighted by atomic mass is 14.7. The van der Waals surface area contributed by atoms with Crippen molar-refractivity contribution in [3.63, 3.8) is 0 Å². The number of benzene rings is 9. The van der Waals surface area contributed by atoms with E-state index < -0.39 is 0 Å². The average molecular weight is 757 g/mol. The fourth-order valence-corrected chi connectivity index (χ4v) is 9.19. The molecule has 2 nitrogen and oxygen atoms in total. The lowest BCUT2D eigenvalue weighted by atomic mass is 9.78. The van der Waals surface area contributed by atoms with Crippen molar-refractivity contribution >= 4 is 33.0 Å². The molecule has 10 rings (SSSR count). The second-order valence-corrected chi connectivity index (χ2v) is 16.1. The molecule has 9 aromatic rings. The minimum Gasteiger partial charge on any atom is -0.398 e. The van der Waals surface area contributed by atoms with Crippen molar-refractivity contribution in [1.82, 2.24) is 0 Å². The van der Waals surface area contributed by atoms with Crippen LogP contribution in [0.5, 0.6) is 0 Å². The minimum atomic E-state index is -0.124. The van der Waals surface area contributed by atoms with Crippen molar-refractivity contribution < 1.29 is 0 Å². The summed E-state index contributed by atoms with van der Waals surface area (Å²) in [6.45, 7) is 5.30. The molecule has 0 aromatic heterocycles. The predicted molar refractivity (Wildman–Crippen MR) is 251 cm³/mol. The van der Waals surface area contributed by atoms with E-state index in [2.05, 4.69) is 202 Å². The molecule has 9 aromatic carbocycles. The van der Waals surface area contributed by atoms with Crippen molar-refractivity contribution in [2.24, 2.45) is 10.7 Å². The summed E-state index contributed by atoms with van der Waals surface area (Å²) in [6.07, 6.45) is 2.04. The first-order chi connectivity index (χ1) is 28.9. The van der Waals surface area contributed by atoms with E-state index in [0.717, 1.165) is 33.2 Å². The van der Waals surface area contributed by atoms with Crippen LogP contribution >= 0.6 is 0 Å². The SMILES string of the molecule is CC1(C)c2ccc3ccccc3c2-c2cccc(-c3ccc(-c4ccc(/C(N)=C/C(=NCc5ccccc5)c5ccc(-c6ccccc6)cc5)c5ccccc45)cc3)c21. The molecule has 0 radical (unpaired) electrons. The number of aliphatic imine (C=N–C) groups is 1. The topological polar surface area (TPSA) is 38.4 Å². The Balaban J connectivity index is 1.00. The Morgan fingerprint density at radius 1 is 0.492 bits per heavy atom. The molecule has 1 aliphatic rings. The van der Waals surface area contributed by atoms with Gasteiger partial charge in [-0.15, -0.1) is 0 Å². The van der Waals surface area contributed by atoms with Gasteiger partial charge in [-0.2, -0.15) is 0 Å². The maximum absolute atomic E-state index is 7.07. The highest BCUT2D eigenvalue weighted by Crippen LogP contribution is 2.54. The van der Waals surface area contributed by atoms with E-state index in [1.807, 2.05) is 18.2 Å². The van der Waals surface area contributed by atoms with Crippen molar-refractivity contribution in [1.29, 1.82) is 0 Å². The first-order valence-electron chi connectivity index (χ1n) is 20.4. The molecule has 0 spiro atoms. The molecular weight excluding hydrogens is 713 g/mol. The average Bonchev–Trinajstić information content (AvgIpc) is 3.54. The summed E-state index contributed by atoms with van der Waals surface area (Å²) in [5, 5.41) is 4.87. The van der Waals surface area contributed by atoms with Gasteiger partial charge in [0.2, 0.25) is 0 Å². The molecule has 0 amide bonds. The first kappa shape index (κ1) is 36.1. The Kier molecular flexibility index (Phi) is 9.11. The lowest BCUT2D eigenvalue weighted by Crippen LogP contribution is -2.16. The van der Waals surface area contributed by atoms with Gasteiger partial charge in [0.05, 0.1) is 12.3 Å². The van der Waals surface area contributed by atoms with Crippen LogP contribution in [-0.2, 0) is 12.0 Å². The number of fused-ring (bicyclic) bond motifs is 6. The fraction of sp³-hybridized carbons (Fsp3) is 0.0702. The number of hydrogen-bond acceptors (Lipinski definition) is 2. The van der Waals surface area contributed by atoms with Crippen LogP contribution in [0.3, 0.4) is 0 Å². The van der Waals surface area contributed by atoms with Crippen LogP contribution in [0.2, 0.25) is 0 Å². The van der Waals surface area contributed by atoms with Crippen LogP contribution < -0.4 is 5.73 Å². The molecule has 0 unspecified atom stereocenters. The third kappa shape index (κ3) is 6.53. The maximum Gasteiger partial charge on any atom is 0.0671 e. The van der Waals surface area contributed by atoms with E-state index in [1.165, 1.54) is 66.4 Å². The zero-order valence-electron chi connectivity index (χ0n) is 33.4. The van der Waals surface area contributed by atoms with Gasteiger partial charge in [-0.25, -0.2) is 0 Å². The Morgan fingerprint density at radius 2 is 1.08 bits per heavy atom. The largest absolute Gasteiger partial charge is 0.398 e. The van der Waals surface area contributed by atoms with Gasteiger partial charge in [-0.05, 0) is 94.4 Å². The molecule has 0 saturated carbocycles. The van der Waals surface area contributed by atoms with E-state index >= 15 is 0 Å². The van der Waals surface area contributed by atoms with Gasteiger partial charge in [-0.3, -0.25) is 4.99 Å². The van der Waals surface area contributed by atoms with Crippen molar-refractivity contribution in [2.75, 3.05) is 0 Å². The molecule has 0 aliphatic heterocycles. The van der Waals surface area contributed by atoms with Gasteiger partial charge in [0.1, 0.15) is 0 Å². The molecule has 2 heteroatoms. The van der Waals surface area contributed by atoms with Crippen molar-refractivity contribution in [3.05, 3.63) is 234 Å². The van der Waals surface area contributed by atoms with Gasteiger partial charge < -0.3 is 5.73 Å². The number of rotatable bonds is 8. The van der Waals surface area contributed by atoms with Gasteiger partial charge in [0.25, 0.3) is 0 Å². The third-order valence-electron chi connectivity index (χ3n) is 12.2. The van der Waals surface area contributed by atoms with Crippen LogP contribution in [0.25, 0.3) is 71.7 Å². The maximum atomic E-state index is 7.07. The highest BCUT2D eigenvalue weighted by molar-refractivity contribution is 6.14. The van der Waals surface area contributed by atoms with Crippen molar-refractivity contribution in [3.8, 4) is 44.5 Å². The quantitative estimate of drug-likeness (QED) is 0.154. The van der Waals surface area contributed by atoms with Crippen LogP contribution in [0.1, 0.15) is 41.7 Å². The second kappa shape index (κ2) is 14.9. The number of nitrogens with two attached hydrogens (primary N) is 1. The highest BCUT2D eigenvalue weighted by Gasteiger charge is 2.38. The summed E-state index contributed by atoms with van der Waals surface area (Å²) in [5.74, 6) is 0. The zero-order chi connectivity index (χ0) is 39.9. The van der Waals surface area contributed by atoms with Crippen molar-refractivity contribution in [2.45, 2.75) is 25.8 Å². The van der Waals surface area contributed by atoms with Gasteiger partial charge >= 0.3 is 0 Å². The molecule has 2 N–H and O–H groups in total. The Morgan fingerprint density at radius 3 is 1.83 bits per heavy atom. The summed E-state index contributed by atoms with van der Waals surface area (Å²) in [7, 11) is 0. The van der Waals surface area contributed by atoms with E-state index in [0.29, 0.717) is 12.2 Å². The predicted octanol–water partition coefficient (Wildman–Crippen LogP) is 14.3. The van der Waals surface area contributed by atoms with E-state index in [-0.39, 0.29) is 5.41 Å². The second-order valence-electron chi connectivity index (χ2n) is 16.1. The first-order valence-corrected chi connectivity index (χ1v) is 20.4. The number of nitrogens with zero attached hydrogens (tertiary/aromatic N) is 1. The van der Waals surface area contributed by atoms with Gasteiger partial charge in [0, 0.05) is 16.7 Å². The minimum absolute atomic E-state index is 0.124. The number of hydrogen-bond donors (Lipinski definition) is 1. The molecule has 0 fully saturated rings. The monoisotopic (exact) mass is 756 g/mol. The standard InChI is InChI=1S/C57H44N2/c1-57(2)52-35-32-41-18-9-10-19-46(41)55(52)51-23-13-22-47(56(51)57)43-28-26-42(27-29-43)45-33-34-50(49-21-12-11-20-48(45)49)53(58)36-54(59-37-38-14-5-3-6-15-38)44-30-24-40(25-31-44)39-16-7-4-8-17-39/h3-36H,37,58H2,1-2H3/b53-36-,59-54?. The lowest BCUT2D eigenvalue weighted by Gasteiger charge is -2.24. The van der Waals surface area contributed by atoms with Crippen LogP contribution in [-0.4, -0.2) is 5.71 Å². The smallest absolute Gasteiger partial charge is 0.0671 e. The molecule has 0 atom stereocenters. The van der Waals surface area contributed by atoms with Crippen LogP contribution in [0.4, 0.5) is 0 Å². The summed E-state index contributed by atoms with van der Waals surface area (Å²) in [5.41, 5.74) is 24.4. The van der Waals surface area contributed by atoms with Crippen LogP contribution in [0, 0.1) is 0 Å². The third-order valence-corrected chi connectivity index (χ3v) is 12.2. The summed E-state index contributed by atoms with van der Waals surface area (Å²) >= 11 is 0. The summed E-state index contributed by atoms with van der Waals surface area (Å²) in [4.78, 5) is 5.13. The van der Waals surface area contributed by atoms with Gasteiger partial charge in [-0.1, -0.05) is 214 Å². The molecule has 1 aliphatic carbocycles. The molecule has 282 valence electrons. The fourth-order valence-electron chi connectivity index (χ4n) is 9.19. The Bertz CT molecular complexity index is 3060. The zero-order valence-corrected chi connectivity index (χ0v) is 33.4. The summed E-state index contributed by atoms with van der Waals surface area (Å²) < 4.78 is 0. The molecule has 59 heavy (non-hydrogen) atoms. The Hall–Kier alpha value is -7.29. The van der Waals surface area contributed by atoms with E-state index in [1.54, 1.807) is 0 Å². The molecule has 0 bridgehead atoms.